The van der Waals surface area contributed by atoms with Gasteiger partial charge in [-0.05, 0) is 61.4 Å². The lowest BCUT2D eigenvalue weighted by molar-refractivity contribution is -0.118. The lowest BCUT2D eigenvalue weighted by Gasteiger charge is -2.25. The highest BCUT2D eigenvalue weighted by molar-refractivity contribution is 9.10. The molecule has 1 aliphatic heterocycles. The van der Waals surface area contributed by atoms with E-state index >= 15 is 0 Å². The standard InChI is InChI=1S/C19H21BrN2O4S/c20-15-4-6-16(7-5-15)21-19(23)14-26-17-8-10-18(11-9-17)27(24,25)22-12-2-1-3-13-22/h4-11H,1-3,12-14H2,(H,21,23). The van der Waals surface area contributed by atoms with Crippen molar-refractivity contribution in [3.05, 3.63) is 53.0 Å². The fourth-order valence-corrected chi connectivity index (χ4v) is 4.62. The number of hydrogen-bond donors (Lipinski definition) is 1. The predicted octanol–water partition coefficient (Wildman–Crippen LogP) is 3.64. The first-order chi connectivity index (χ1) is 12.9. The van der Waals surface area contributed by atoms with Gasteiger partial charge in [0.25, 0.3) is 5.91 Å². The average molecular weight is 453 g/mol. The molecule has 0 atom stereocenters. The first-order valence-corrected chi connectivity index (χ1v) is 11.0. The first kappa shape index (κ1) is 19.9. The number of ether oxygens (including phenoxy) is 1. The van der Waals surface area contributed by atoms with Crippen molar-refractivity contribution in [3.63, 3.8) is 0 Å². The maximum absolute atomic E-state index is 12.6. The Kier molecular flexibility index (Phi) is 6.51. The van der Waals surface area contributed by atoms with Crippen molar-refractivity contribution >= 4 is 37.5 Å². The number of sulfonamides is 1. The Morgan fingerprint density at radius 2 is 1.63 bits per heavy atom. The van der Waals surface area contributed by atoms with Gasteiger partial charge in [0.1, 0.15) is 5.75 Å². The molecule has 0 saturated carbocycles. The first-order valence-electron chi connectivity index (χ1n) is 8.73. The van der Waals surface area contributed by atoms with Crippen molar-refractivity contribution < 1.29 is 17.9 Å². The third-order valence-electron chi connectivity index (χ3n) is 4.27. The highest BCUT2D eigenvalue weighted by Crippen LogP contribution is 2.22. The summed E-state index contributed by atoms with van der Waals surface area (Å²) in [6.45, 7) is 0.974. The molecule has 2 aromatic carbocycles. The summed E-state index contributed by atoms with van der Waals surface area (Å²) in [4.78, 5) is 12.2. The number of rotatable bonds is 6. The normalized spacial score (nSPS) is 15.3. The van der Waals surface area contributed by atoms with Crippen LogP contribution in [0.4, 0.5) is 5.69 Å². The number of carbonyl (C=O) groups is 1. The van der Waals surface area contributed by atoms with Crippen LogP contribution in [-0.2, 0) is 14.8 Å². The van der Waals surface area contributed by atoms with Crippen molar-refractivity contribution in [1.29, 1.82) is 0 Å². The van der Waals surface area contributed by atoms with Crippen LogP contribution in [0.2, 0.25) is 0 Å². The number of amides is 1. The zero-order valence-electron chi connectivity index (χ0n) is 14.7. The van der Waals surface area contributed by atoms with Gasteiger partial charge in [-0.1, -0.05) is 22.4 Å². The molecule has 2 aromatic rings. The molecule has 8 heteroatoms. The van der Waals surface area contributed by atoms with Crippen molar-refractivity contribution in [1.82, 2.24) is 4.31 Å². The Bertz CT molecular complexity index is 877. The molecular formula is C19H21BrN2O4S. The number of nitrogens with zero attached hydrogens (tertiary/aromatic N) is 1. The molecule has 0 radical (unpaired) electrons. The number of piperidine rings is 1. The van der Waals surface area contributed by atoms with Crippen molar-refractivity contribution in [2.24, 2.45) is 0 Å². The van der Waals surface area contributed by atoms with E-state index in [9.17, 15) is 13.2 Å². The second-order valence-corrected chi connectivity index (χ2v) is 9.13. The van der Waals surface area contributed by atoms with E-state index < -0.39 is 10.0 Å². The van der Waals surface area contributed by atoms with Crippen molar-refractivity contribution in [2.45, 2.75) is 24.2 Å². The fourth-order valence-electron chi connectivity index (χ4n) is 2.84. The van der Waals surface area contributed by atoms with E-state index in [2.05, 4.69) is 21.2 Å². The number of carbonyl (C=O) groups excluding carboxylic acids is 1. The molecule has 1 amide bonds. The summed E-state index contributed by atoms with van der Waals surface area (Å²) >= 11 is 3.33. The van der Waals surface area contributed by atoms with E-state index in [0.717, 1.165) is 23.7 Å². The largest absolute Gasteiger partial charge is 0.484 e. The Hall–Kier alpha value is -1.90. The number of benzene rings is 2. The summed E-state index contributed by atoms with van der Waals surface area (Å²) in [7, 11) is -3.46. The molecule has 0 bridgehead atoms. The smallest absolute Gasteiger partial charge is 0.262 e. The van der Waals surface area contributed by atoms with Gasteiger partial charge < -0.3 is 10.1 Å². The van der Waals surface area contributed by atoms with Crippen LogP contribution in [0.3, 0.4) is 0 Å². The molecule has 1 saturated heterocycles. The van der Waals surface area contributed by atoms with Gasteiger partial charge in [-0.2, -0.15) is 4.31 Å². The van der Waals surface area contributed by atoms with Crippen LogP contribution < -0.4 is 10.1 Å². The van der Waals surface area contributed by atoms with E-state index in [1.807, 2.05) is 12.1 Å². The Balaban J connectivity index is 1.55. The Morgan fingerprint density at radius 1 is 1.00 bits per heavy atom. The summed E-state index contributed by atoms with van der Waals surface area (Å²) in [5.74, 6) is 0.154. The van der Waals surface area contributed by atoms with E-state index in [0.29, 0.717) is 24.5 Å². The second-order valence-electron chi connectivity index (χ2n) is 6.28. The van der Waals surface area contributed by atoms with E-state index in [-0.39, 0.29) is 17.4 Å². The molecule has 1 N–H and O–H groups in total. The minimum atomic E-state index is -3.46. The third kappa shape index (κ3) is 5.31. The quantitative estimate of drug-likeness (QED) is 0.725. The predicted molar refractivity (Wildman–Crippen MR) is 107 cm³/mol. The molecule has 3 rings (SSSR count). The Morgan fingerprint density at radius 3 is 2.26 bits per heavy atom. The zero-order chi connectivity index (χ0) is 19.3. The minimum absolute atomic E-state index is 0.158. The van der Waals surface area contributed by atoms with Crippen molar-refractivity contribution in [2.75, 3.05) is 25.0 Å². The van der Waals surface area contributed by atoms with Crippen molar-refractivity contribution in [3.8, 4) is 5.75 Å². The molecule has 0 spiro atoms. The highest BCUT2D eigenvalue weighted by Gasteiger charge is 2.25. The topological polar surface area (TPSA) is 75.7 Å². The lowest BCUT2D eigenvalue weighted by Crippen LogP contribution is -2.35. The molecule has 0 unspecified atom stereocenters. The average Bonchev–Trinajstić information content (AvgIpc) is 2.69. The van der Waals surface area contributed by atoms with Crippen LogP contribution in [0.5, 0.6) is 5.75 Å². The molecule has 1 heterocycles. The lowest BCUT2D eigenvalue weighted by atomic mass is 10.2. The molecule has 0 aromatic heterocycles. The van der Waals surface area contributed by atoms with Crippen LogP contribution in [0.15, 0.2) is 57.9 Å². The van der Waals surface area contributed by atoms with Gasteiger partial charge >= 0.3 is 0 Å². The molecule has 6 nitrogen and oxygen atoms in total. The summed E-state index contributed by atoms with van der Waals surface area (Å²) < 4.78 is 33.1. The zero-order valence-corrected chi connectivity index (χ0v) is 17.1. The SMILES string of the molecule is O=C(COc1ccc(S(=O)(=O)N2CCCCC2)cc1)Nc1ccc(Br)cc1. The molecule has 27 heavy (non-hydrogen) atoms. The fraction of sp³-hybridized carbons (Fsp3) is 0.316. The molecule has 144 valence electrons. The second kappa shape index (κ2) is 8.86. The molecular weight excluding hydrogens is 432 g/mol. The maximum Gasteiger partial charge on any atom is 0.262 e. The van der Waals surface area contributed by atoms with Crippen LogP contribution in [0.25, 0.3) is 0 Å². The van der Waals surface area contributed by atoms with Gasteiger partial charge in [0, 0.05) is 23.2 Å². The molecule has 1 fully saturated rings. The van der Waals surface area contributed by atoms with Gasteiger partial charge in [-0.3, -0.25) is 4.79 Å². The summed E-state index contributed by atoms with van der Waals surface area (Å²) in [6, 6.07) is 13.4. The van der Waals surface area contributed by atoms with Gasteiger partial charge in [-0.25, -0.2) is 8.42 Å². The Labute approximate surface area is 167 Å². The molecule has 1 aliphatic rings. The van der Waals surface area contributed by atoms with Gasteiger partial charge in [0.05, 0.1) is 4.90 Å². The number of nitrogens with one attached hydrogen (secondary N) is 1. The van der Waals surface area contributed by atoms with Gasteiger partial charge in [0.2, 0.25) is 10.0 Å². The summed E-state index contributed by atoms with van der Waals surface area (Å²) in [6.07, 6.45) is 2.86. The van der Waals surface area contributed by atoms with Crippen LogP contribution in [0.1, 0.15) is 19.3 Å². The van der Waals surface area contributed by atoms with E-state index in [1.54, 1.807) is 24.3 Å². The monoisotopic (exact) mass is 452 g/mol. The van der Waals surface area contributed by atoms with E-state index in [1.165, 1.54) is 16.4 Å². The van der Waals surface area contributed by atoms with Crippen LogP contribution in [0, 0.1) is 0 Å². The van der Waals surface area contributed by atoms with Crippen LogP contribution >= 0.6 is 15.9 Å². The number of hydrogen-bond acceptors (Lipinski definition) is 4. The highest BCUT2D eigenvalue weighted by atomic mass is 79.9. The van der Waals surface area contributed by atoms with Crippen LogP contribution in [-0.4, -0.2) is 38.3 Å². The van der Waals surface area contributed by atoms with E-state index in [4.69, 9.17) is 4.74 Å². The molecule has 0 aliphatic carbocycles. The third-order valence-corrected chi connectivity index (χ3v) is 6.72. The van der Waals surface area contributed by atoms with Gasteiger partial charge in [0.15, 0.2) is 6.61 Å². The summed E-state index contributed by atoms with van der Waals surface area (Å²) in [5, 5.41) is 2.73. The summed E-state index contributed by atoms with van der Waals surface area (Å²) in [5.41, 5.74) is 0.676. The minimum Gasteiger partial charge on any atom is -0.484 e. The number of anilines is 1. The maximum atomic E-state index is 12.6. The van der Waals surface area contributed by atoms with Gasteiger partial charge in [-0.15, -0.1) is 0 Å². The number of halogens is 1.